The zero-order valence-electron chi connectivity index (χ0n) is 16.3. The van der Waals surface area contributed by atoms with E-state index in [0.717, 1.165) is 47.0 Å². The zero-order valence-corrected chi connectivity index (χ0v) is 18.6. The van der Waals surface area contributed by atoms with Gasteiger partial charge >= 0.3 is 0 Å². The number of anilines is 1. The largest absolute Gasteiger partial charge is 0.302 e. The minimum atomic E-state index is -3.24. The highest BCUT2D eigenvalue weighted by Gasteiger charge is 2.24. The molecule has 0 bridgehead atoms. The Hall–Kier alpha value is -2.26. The summed E-state index contributed by atoms with van der Waals surface area (Å²) in [5.74, 6) is -0.174. The van der Waals surface area contributed by atoms with Crippen LogP contribution >= 0.6 is 22.9 Å². The van der Waals surface area contributed by atoms with E-state index in [1.807, 2.05) is 24.3 Å². The molecule has 0 saturated heterocycles. The van der Waals surface area contributed by atoms with Crippen molar-refractivity contribution >= 4 is 43.8 Å². The monoisotopic (exact) mass is 461 g/mol. The summed E-state index contributed by atoms with van der Waals surface area (Å²) in [6, 6.07) is 14.2. The Kier molecular flexibility index (Phi) is 5.92. The molecule has 0 atom stereocenters. The molecule has 2 heterocycles. The van der Waals surface area contributed by atoms with E-state index in [1.165, 1.54) is 29.0 Å². The number of halogens is 1. The number of rotatable bonds is 6. The first-order chi connectivity index (χ1) is 14.3. The number of fused-ring (bicyclic) bond motifs is 1. The van der Waals surface area contributed by atoms with Crippen molar-refractivity contribution in [3.63, 3.8) is 0 Å². The lowest BCUT2D eigenvalue weighted by atomic mass is 10.1. The van der Waals surface area contributed by atoms with E-state index in [4.69, 9.17) is 11.6 Å². The molecule has 1 aliphatic heterocycles. The van der Waals surface area contributed by atoms with Gasteiger partial charge in [0.25, 0.3) is 0 Å². The number of carbonyl (C=O) groups is 1. The lowest BCUT2D eigenvalue weighted by Gasteiger charge is -2.14. The van der Waals surface area contributed by atoms with E-state index in [9.17, 15) is 13.2 Å². The number of amides is 1. The van der Waals surface area contributed by atoms with Gasteiger partial charge in [-0.1, -0.05) is 35.9 Å². The molecule has 3 aromatic rings. The van der Waals surface area contributed by atoms with Gasteiger partial charge in [-0.25, -0.2) is 13.4 Å². The van der Waals surface area contributed by atoms with Crippen molar-refractivity contribution in [3.8, 4) is 0 Å². The molecule has 0 aliphatic carbocycles. The van der Waals surface area contributed by atoms with Crippen molar-refractivity contribution < 1.29 is 13.2 Å². The second-order valence-electron chi connectivity index (χ2n) is 7.30. The predicted molar refractivity (Wildman–Crippen MR) is 118 cm³/mol. The Balaban J connectivity index is 1.32. The van der Waals surface area contributed by atoms with E-state index >= 15 is 0 Å². The normalized spacial score (nSPS) is 13.9. The first-order valence-electron chi connectivity index (χ1n) is 9.30. The summed E-state index contributed by atoms with van der Waals surface area (Å²) in [7, 11) is -3.24. The number of hydrogen-bond donors (Lipinski definition) is 1. The van der Waals surface area contributed by atoms with E-state index in [1.54, 1.807) is 12.1 Å². The highest BCUT2D eigenvalue weighted by atomic mass is 35.5. The number of sulfone groups is 1. The minimum absolute atomic E-state index is 0.164. The molecule has 2 aromatic carbocycles. The van der Waals surface area contributed by atoms with Crippen LogP contribution in [0.15, 0.2) is 53.4 Å². The van der Waals surface area contributed by atoms with Crippen LogP contribution in [0.2, 0.25) is 5.02 Å². The van der Waals surface area contributed by atoms with Crippen LogP contribution in [-0.4, -0.2) is 30.5 Å². The summed E-state index contributed by atoms with van der Waals surface area (Å²) in [4.78, 5) is 20.6. The van der Waals surface area contributed by atoms with Crippen LogP contribution in [-0.2, 0) is 40.7 Å². The summed E-state index contributed by atoms with van der Waals surface area (Å²) in [5.41, 5.74) is 2.95. The molecule has 1 aromatic heterocycles. The maximum absolute atomic E-state index is 12.3. The van der Waals surface area contributed by atoms with Crippen molar-refractivity contribution in [1.29, 1.82) is 0 Å². The molecule has 6 nitrogen and oxygen atoms in total. The van der Waals surface area contributed by atoms with E-state index in [0.29, 0.717) is 5.13 Å². The van der Waals surface area contributed by atoms with Gasteiger partial charge < -0.3 is 5.32 Å². The third-order valence-electron chi connectivity index (χ3n) is 4.80. The lowest BCUT2D eigenvalue weighted by molar-refractivity contribution is -0.115. The number of nitrogens with one attached hydrogen (secondary N) is 1. The van der Waals surface area contributed by atoms with Gasteiger partial charge in [-0.15, -0.1) is 11.3 Å². The second-order valence-corrected chi connectivity index (χ2v) is 10.8. The molecule has 1 aliphatic rings. The molecule has 0 spiro atoms. The predicted octanol–water partition coefficient (Wildman–Crippen LogP) is 3.90. The Morgan fingerprint density at radius 3 is 2.40 bits per heavy atom. The van der Waals surface area contributed by atoms with Crippen LogP contribution in [0.4, 0.5) is 5.13 Å². The molecule has 30 heavy (non-hydrogen) atoms. The Bertz CT molecular complexity index is 1150. The van der Waals surface area contributed by atoms with E-state index in [2.05, 4.69) is 15.2 Å². The summed E-state index contributed by atoms with van der Waals surface area (Å²) < 4.78 is 23.0. The van der Waals surface area contributed by atoms with Gasteiger partial charge in [0.1, 0.15) is 0 Å². The Labute approximate surface area is 184 Å². The molecular formula is C21H20ClN3O3S2. The molecule has 0 fully saturated rings. The fourth-order valence-corrected chi connectivity index (χ4v) is 5.10. The molecule has 0 unspecified atom stereocenters. The number of thiazole rings is 1. The number of benzene rings is 2. The SMILES string of the molecule is CS(=O)(=O)c1ccc(CC(=O)Nc2nc3c(s2)CN(Cc2ccc(Cl)cc2)C3)cc1. The molecule has 0 radical (unpaired) electrons. The van der Waals surface area contributed by atoms with Gasteiger partial charge in [-0.3, -0.25) is 9.69 Å². The van der Waals surface area contributed by atoms with Gasteiger partial charge in [0.2, 0.25) is 5.91 Å². The summed E-state index contributed by atoms with van der Waals surface area (Å²) in [6.45, 7) is 2.38. The molecule has 1 amide bonds. The fraction of sp³-hybridized carbons (Fsp3) is 0.238. The first kappa shape index (κ1) is 21.0. The third-order valence-corrected chi connectivity index (χ3v) is 7.18. The molecule has 0 saturated carbocycles. The number of carbonyl (C=O) groups excluding carboxylic acids is 1. The van der Waals surface area contributed by atoms with Gasteiger partial charge in [0, 0.05) is 35.8 Å². The van der Waals surface area contributed by atoms with Crippen LogP contribution in [0, 0.1) is 0 Å². The van der Waals surface area contributed by atoms with Crippen LogP contribution < -0.4 is 5.32 Å². The van der Waals surface area contributed by atoms with Crippen molar-refractivity contribution in [1.82, 2.24) is 9.88 Å². The Morgan fingerprint density at radius 1 is 1.10 bits per heavy atom. The van der Waals surface area contributed by atoms with Gasteiger partial charge in [0.05, 0.1) is 17.0 Å². The van der Waals surface area contributed by atoms with Crippen molar-refractivity contribution in [2.75, 3.05) is 11.6 Å². The van der Waals surface area contributed by atoms with Crippen LogP contribution in [0.5, 0.6) is 0 Å². The quantitative estimate of drug-likeness (QED) is 0.602. The standard InChI is InChI=1S/C21H20ClN3O3S2/c1-30(27,28)17-8-4-14(5-9-17)10-20(26)24-21-23-18-12-25(13-19(18)29-21)11-15-2-6-16(22)7-3-15/h2-9H,10-13H2,1H3,(H,23,24,26). The first-order valence-corrected chi connectivity index (χ1v) is 12.4. The Morgan fingerprint density at radius 2 is 1.77 bits per heavy atom. The van der Waals surface area contributed by atoms with Crippen LogP contribution in [0.3, 0.4) is 0 Å². The molecule has 1 N–H and O–H groups in total. The van der Waals surface area contributed by atoms with Gasteiger partial charge in [0.15, 0.2) is 15.0 Å². The molecule has 4 rings (SSSR count). The van der Waals surface area contributed by atoms with E-state index in [-0.39, 0.29) is 17.2 Å². The average molecular weight is 462 g/mol. The highest BCUT2D eigenvalue weighted by Crippen LogP contribution is 2.32. The average Bonchev–Trinajstić information content (AvgIpc) is 3.21. The molecular weight excluding hydrogens is 442 g/mol. The lowest BCUT2D eigenvalue weighted by Crippen LogP contribution is -2.17. The maximum Gasteiger partial charge on any atom is 0.230 e. The maximum atomic E-state index is 12.3. The van der Waals surface area contributed by atoms with Crippen molar-refractivity contribution in [2.45, 2.75) is 31.0 Å². The van der Waals surface area contributed by atoms with E-state index < -0.39 is 9.84 Å². The number of aromatic nitrogens is 1. The fourth-order valence-electron chi connectivity index (χ4n) is 3.32. The molecule has 156 valence electrons. The van der Waals surface area contributed by atoms with Crippen molar-refractivity contribution in [2.24, 2.45) is 0 Å². The minimum Gasteiger partial charge on any atom is -0.302 e. The summed E-state index contributed by atoms with van der Waals surface area (Å²) in [5, 5.41) is 4.18. The highest BCUT2D eigenvalue weighted by molar-refractivity contribution is 7.90. The number of nitrogens with zero attached hydrogens (tertiary/aromatic N) is 2. The third kappa shape index (κ3) is 5.07. The smallest absolute Gasteiger partial charge is 0.230 e. The van der Waals surface area contributed by atoms with Crippen LogP contribution in [0.25, 0.3) is 0 Å². The summed E-state index contributed by atoms with van der Waals surface area (Å²) in [6.07, 6.45) is 1.32. The van der Waals surface area contributed by atoms with Crippen LogP contribution in [0.1, 0.15) is 21.7 Å². The number of hydrogen-bond acceptors (Lipinski definition) is 6. The zero-order chi connectivity index (χ0) is 21.3. The van der Waals surface area contributed by atoms with Gasteiger partial charge in [-0.05, 0) is 35.4 Å². The molecule has 9 heteroatoms. The topological polar surface area (TPSA) is 79.4 Å². The van der Waals surface area contributed by atoms with Crippen molar-refractivity contribution in [3.05, 3.63) is 75.3 Å². The second kappa shape index (κ2) is 8.47. The van der Waals surface area contributed by atoms with Gasteiger partial charge in [-0.2, -0.15) is 0 Å². The summed E-state index contributed by atoms with van der Waals surface area (Å²) >= 11 is 7.44.